The molecule has 21 heavy (non-hydrogen) atoms. The Morgan fingerprint density at radius 1 is 1.29 bits per heavy atom. The second-order valence-electron chi connectivity index (χ2n) is 4.28. The van der Waals surface area contributed by atoms with E-state index in [1.54, 1.807) is 18.2 Å². The fourth-order valence-corrected chi connectivity index (χ4v) is 3.28. The van der Waals surface area contributed by atoms with Gasteiger partial charge in [-0.05, 0) is 30.3 Å². The van der Waals surface area contributed by atoms with Gasteiger partial charge < -0.3 is 4.74 Å². The van der Waals surface area contributed by atoms with E-state index in [0.29, 0.717) is 10.6 Å². The third-order valence-corrected chi connectivity index (χ3v) is 4.65. The number of para-hydroxylation sites is 1. The molecule has 0 saturated heterocycles. The van der Waals surface area contributed by atoms with Gasteiger partial charge in [0.05, 0.1) is 20.8 Å². The average molecular weight is 383 g/mol. The Hall–Kier alpha value is -1.43. The molecule has 0 amide bonds. The van der Waals surface area contributed by atoms with E-state index in [1.807, 2.05) is 24.3 Å². The number of aromatic nitrogens is 1. The number of hydrogen-bond acceptors (Lipinski definition) is 4. The first-order valence-corrected chi connectivity index (χ1v) is 8.09. The highest BCUT2D eigenvalue weighted by Crippen LogP contribution is 2.24. The Morgan fingerprint density at radius 3 is 2.90 bits per heavy atom. The van der Waals surface area contributed by atoms with Gasteiger partial charge in [-0.15, -0.1) is 11.3 Å². The molecule has 106 valence electrons. The van der Waals surface area contributed by atoms with Crippen LogP contribution in [0.2, 0.25) is 5.02 Å². The highest BCUT2D eigenvalue weighted by Gasteiger charge is 2.13. The summed E-state index contributed by atoms with van der Waals surface area (Å²) in [6, 6.07) is 12.9. The summed E-state index contributed by atoms with van der Waals surface area (Å²) in [6.45, 7) is 0.140. The summed E-state index contributed by atoms with van der Waals surface area (Å²) in [5.41, 5.74) is 1.25. The maximum absolute atomic E-state index is 12.1. The minimum Gasteiger partial charge on any atom is -0.455 e. The SMILES string of the molecule is O=C(OCc1nc2ccccc2s1)c1cc(Br)ccc1Cl. The first-order valence-electron chi connectivity index (χ1n) is 6.10. The van der Waals surface area contributed by atoms with Crippen molar-refractivity contribution >= 4 is 55.1 Å². The molecule has 0 spiro atoms. The van der Waals surface area contributed by atoms with Crippen LogP contribution in [0.25, 0.3) is 10.2 Å². The quantitative estimate of drug-likeness (QED) is 0.594. The van der Waals surface area contributed by atoms with Crippen LogP contribution in [0, 0.1) is 0 Å². The topological polar surface area (TPSA) is 39.2 Å². The second-order valence-corrected chi connectivity index (χ2v) is 6.71. The van der Waals surface area contributed by atoms with Gasteiger partial charge in [-0.2, -0.15) is 0 Å². The number of halogens is 2. The predicted molar refractivity (Wildman–Crippen MR) is 87.9 cm³/mol. The number of rotatable bonds is 3. The first kappa shape index (κ1) is 14.5. The summed E-state index contributed by atoms with van der Waals surface area (Å²) in [5.74, 6) is -0.458. The van der Waals surface area contributed by atoms with Crippen molar-refractivity contribution in [2.45, 2.75) is 6.61 Å². The summed E-state index contributed by atoms with van der Waals surface area (Å²) >= 11 is 10.8. The average Bonchev–Trinajstić information content (AvgIpc) is 2.90. The molecule has 3 aromatic rings. The number of ether oxygens (including phenoxy) is 1. The van der Waals surface area contributed by atoms with Crippen molar-refractivity contribution in [3.63, 3.8) is 0 Å². The van der Waals surface area contributed by atoms with Crippen molar-refractivity contribution in [3.05, 3.63) is 62.5 Å². The molecule has 0 radical (unpaired) electrons. The van der Waals surface area contributed by atoms with E-state index in [9.17, 15) is 4.79 Å². The lowest BCUT2D eigenvalue weighted by Crippen LogP contribution is -2.05. The molecule has 0 bridgehead atoms. The van der Waals surface area contributed by atoms with Crippen molar-refractivity contribution in [3.8, 4) is 0 Å². The minimum absolute atomic E-state index is 0.140. The van der Waals surface area contributed by atoms with Crippen molar-refractivity contribution < 1.29 is 9.53 Å². The number of nitrogens with zero attached hydrogens (tertiary/aromatic N) is 1. The van der Waals surface area contributed by atoms with Crippen LogP contribution in [0.5, 0.6) is 0 Å². The van der Waals surface area contributed by atoms with Gasteiger partial charge in [-0.3, -0.25) is 0 Å². The van der Waals surface area contributed by atoms with Gasteiger partial charge >= 0.3 is 5.97 Å². The Kier molecular flexibility index (Phi) is 4.24. The fraction of sp³-hybridized carbons (Fsp3) is 0.0667. The van der Waals surface area contributed by atoms with Crippen LogP contribution in [0.1, 0.15) is 15.4 Å². The molecule has 0 fully saturated rings. The summed E-state index contributed by atoms with van der Waals surface area (Å²) in [6.07, 6.45) is 0. The van der Waals surface area contributed by atoms with Crippen molar-refractivity contribution in [2.75, 3.05) is 0 Å². The number of esters is 1. The van der Waals surface area contributed by atoms with Crippen LogP contribution >= 0.6 is 38.9 Å². The summed E-state index contributed by atoms with van der Waals surface area (Å²) in [5, 5.41) is 1.13. The van der Waals surface area contributed by atoms with Crippen LogP contribution in [-0.2, 0) is 11.3 Å². The zero-order chi connectivity index (χ0) is 14.8. The number of fused-ring (bicyclic) bond motifs is 1. The van der Waals surface area contributed by atoms with Crippen molar-refractivity contribution in [2.24, 2.45) is 0 Å². The van der Waals surface area contributed by atoms with Gasteiger partial charge in [0.1, 0.15) is 11.6 Å². The van der Waals surface area contributed by atoms with Crippen LogP contribution in [0.4, 0.5) is 0 Å². The first-order chi connectivity index (χ1) is 10.1. The van der Waals surface area contributed by atoms with E-state index < -0.39 is 5.97 Å². The highest BCUT2D eigenvalue weighted by molar-refractivity contribution is 9.10. The zero-order valence-electron chi connectivity index (χ0n) is 10.7. The van der Waals surface area contributed by atoms with Crippen LogP contribution in [-0.4, -0.2) is 11.0 Å². The van der Waals surface area contributed by atoms with Crippen LogP contribution < -0.4 is 0 Å². The molecule has 2 aromatic carbocycles. The summed E-state index contributed by atoms with van der Waals surface area (Å²) in [4.78, 5) is 16.5. The minimum atomic E-state index is -0.458. The van der Waals surface area contributed by atoms with Gasteiger partial charge in [-0.1, -0.05) is 39.7 Å². The molecule has 0 atom stereocenters. The Morgan fingerprint density at radius 2 is 2.10 bits per heavy atom. The molecule has 1 heterocycles. The number of carbonyl (C=O) groups is 1. The van der Waals surface area contributed by atoms with Crippen LogP contribution in [0.15, 0.2) is 46.9 Å². The van der Waals surface area contributed by atoms with Gasteiger partial charge in [0, 0.05) is 4.47 Å². The molecule has 1 aromatic heterocycles. The van der Waals surface area contributed by atoms with E-state index in [-0.39, 0.29) is 6.61 Å². The summed E-state index contributed by atoms with van der Waals surface area (Å²) < 4.78 is 7.13. The largest absolute Gasteiger partial charge is 0.455 e. The molecule has 0 aliphatic rings. The van der Waals surface area contributed by atoms with Gasteiger partial charge in [-0.25, -0.2) is 9.78 Å². The van der Waals surface area contributed by atoms with E-state index in [2.05, 4.69) is 20.9 Å². The number of benzene rings is 2. The highest BCUT2D eigenvalue weighted by atomic mass is 79.9. The molecular formula is C15H9BrClNO2S. The van der Waals surface area contributed by atoms with Gasteiger partial charge in [0.15, 0.2) is 0 Å². The molecule has 0 saturated carbocycles. The molecule has 6 heteroatoms. The molecule has 0 aliphatic carbocycles. The maximum Gasteiger partial charge on any atom is 0.340 e. The summed E-state index contributed by atoms with van der Waals surface area (Å²) in [7, 11) is 0. The normalized spacial score (nSPS) is 10.8. The van der Waals surface area contributed by atoms with E-state index in [0.717, 1.165) is 19.7 Å². The van der Waals surface area contributed by atoms with Gasteiger partial charge in [0.2, 0.25) is 0 Å². The Labute approximate surface area is 138 Å². The third kappa shape index (κ3) is 3.26. The molecule has 0 N–H and O–H groups in total. The lowest BCUT2D eigenvalue weighted by atomic mass is 10.2. The van der Waals surface area contributed by atoms with Crippen LogP contribution in [0.3, 0.4) is 0 Å². The number of hydrogen-bond donors (Lipinski definition) is 0. The third-order valence-electron chi connectivity index (χ3n) is 2.81. The Bertz CT molecular complexity index is 785. The fourth-order valence-electron chi connectivity index (χ4n) is 1.84. The second kappa shape index (κ2) is 6.13. The molecule has 3 nitrogen and oxygen atoms in total. The monoisotopic (exact) mass is 381 g/mol. The lowest BCUT2D eigenvalue weighted by molar-refractivity contribution is 0.0473. The smallest absolute Gasteiger partial charge is 0.340 e. The standard InChI is InChI=1S/C15H9BrClNO2S/c16-9-5-6-11(17)10(7-9)15(19)20-8-14-18-12-3-1-2-4-13(12)21-14/h1-7H,8H2. The maximum atomic E-state index is 12.1. The van der Waals surface area contributed by atoms with Crippen molar-refractivity contribution in [1.29, 1.82) is 0 Å². The molecular weight excluding hydrogens is 374 g/mol. The van der Waals surface area contributed by atoms with Gasteiger partial charge in [0.25, 0.3) is 0 Å². The lowest BCUT2D eigenvalue weighted by Gasteiger charge is -2.05. The number of thiazole rings is 1. The molecule has 3 rings (SSSR count). The molecule has 0 aliphatic heterocycles. The predicted octanol–water partition coefficient (Wildman–Crippen LogP) is 5.07. The molecule has 0 unspecified atom stereocenters. The zero-order valence-corrected chi connectivity index (χ0v) is 13.8. The van der Waals surface area contributed by atoms with Crippen molar-refractivity contribution in [1.82, 2.24) is 4.98 Å². The Balaban J connectivity index is 1.74. The number of carbonyl (C=O) groups excluding carboxylic acids is 1. The van der Waals surface area contributed by atoms with E-state index in [4.69, 9.17) is 16.3 Å². The van der Waals surface area contributed by atoms with E-state index >= 15 is 0 Å². The van der Waals surface area contributed by atoms with E-state index in [1.165, 1.54) is 11.3 Å².